The molecule has 6 heteroatoms. The number of likely N-dealkylation sites (tertiary alicyclic amines) is 1. The SMILES string of the molecule is CCOC(=O)c1cccc(CN2CCC(OC(c3ccccc3)c3cccc(Cl)c3)CC2)n1. The van der Waals surface area contributed by atoms with E-state index in [1.807, 2.05) is 48.5 Å². The number of pyridine rings is 1. The van der Waals surface area contributed by atoms with Crippen molar-refractivity contribution in [3.8, 4) is 0 Å². The van der Waals surface area contributed by atoms with Crippen molar-refractivity contribution in [1.82, 2.24) is 9.88 Å². The van der Waals surface area contributed by atoms with E-state index >= 15 is 0 Å². The fraction of sp³-hybridized carbons (Fsp3) is 0.333. The first kappa shape index (κ1) is 23.4. The van der Waals surface area contributed by atoms with E-state index in [9.17, 15) is 4.79 Å². The number of aromatic nitrogens is 1. The first-order chi connectivity index (χ1) is 16.1. The second-order valence-electron chi connectivity index (χ2n) is 8.19. The Hall–Kier alpha value is -2.73. The van der Waals surface area contributed by atoms with Gasteiger partial charge in [-0.2, -0.15) is 0 Å². The van der Waals surface area contributed by atoms with Crippen LogP contribution in [0.15, 0.2) is 72.8 Å². The minimum absolute atomic E-state index is 0.149. The summed E-state index contributed by atoms with van der Waals surface area (Å²) in [6, 6.07) is 23.7. The van der Waals surface area contributed by atoms with Crippen molar-refractivity contribution in [1.29, 1.82) is 0 Å². The number of rotatable bonds is 8. The smallest absolute Gasteiger partial charge is 0.356 e. The minimum atomic E-state index is -0.376. The van der Waals surface area contributed by atoms with Crippen LogP contribution in [0.2, 0.25) is 5.02 Å². The maximum absolute atomic E-state index is 12.0. The van der Waals surface area contributed by atoms with Gasteiger partial charge in [-0.25, -0.2) is 9.78 Å². The van der Waals surface area contributed by atoms with Gasteiger partial charge in [-0.05, 0) is 55.2 Å². The van der Waals surface area contributed by atoms with Crippen LogP contribution in [-0.4, -0.2) is 41.7 Å². The van der Waals surface area contributed by atoms with Crippen molar-refractivity contribution in [3.05, 3.63) is 100 Å². The number of carbonyl (C=O) groups is 1. The Balaban J connectivity index is 1.38. The third-order valence-electron chi connectivity index (χ3n) is 5.79. The van der Waals surface area contributed by atoms with E-state index < -0.39 is 0 Å². The van der Waals surface area contributed by atoms with Gasteiger partial charge < -0.3 is 9.47 Å². The second-order valence-corrected chi connectivity index (χ2v) is 8.63. The van der Waals surface area contributed by atoms with Gasteiger partial charge in [-0.15, -0.1) is 0 Å². The van der Waals surface area contributed by atoms with Crippen LogP contribution in [0.25, 0.3) is 0 Å². The van der Waals surface area contributed by atoms with Crippen LogP contribution in [0.3, 0.4) is 0 Å². The first-order valence-corrected chi connectivity index (χ1v) is 11.8. The Morgan fingerprint density at radius 3 is 2.48 bits per heavy atom. The van der Waals surface area contributed by atoms with Gasteiger partial charge in [0.1, 0.15) is 11.8 Å². The summed E-state index contributed by atoms with van der Waals surface area (Å²) in [5.41, 5.74) is 3.43. The topological polar surface area (TPSA) is 51.7 Å². The van der Waals surface area contributed by atoms with Crippen molar-refractivity contribution >= 4 is 17.6 Å². The number of benzene rings is 2. The lowest BCUT2D eigenvalue weighted by Crippen LogP contribution is -2.37. The summed E-state index contributed by atoms with van der Waals surface area (Å²) in [5, 5.41) is 0.712. The Kier molecular flexibility index (Phi) is 8.10. The summed E-state index contributed by atoms with van der Waals surface area (Å²) in [5.74, 6) is -0.376. The molecule has 4 rings (SSSR count). The Morgan fingerprint density at radius 2 is 1.76 bits per heavy atom. The van der Waals surface area contributed by atoms with E-state index in [1.54, 1.807) is 13.0 Å². The second kappa shape index (κ2) is 11.4. The third-order valence-corrected chi connectivity index (χ3v) is 6.03. The average molecular weight is 465 g/mol. The summed E-state index contributed by atoms with van der Waals surface area (Å²) in [4.78, 5) is 18.8. The molecule has 1 aromatic heterocycles. The highest BCUT2D eigenvalue weighted by atomic mass is 35.5. The summed E-state index contributed by atoms with van der Waals surface area (Å²) in [7, 11) is 0. The molecule has 1 saturated heterocycles. The average Bonchev–Trinajstić information content (AvgIpc) is 2.84. The highest BCUT2D eigenvalue weighted by Gasteiger charge is 2.25. The Morgan fingerprint density at radius 1 is 1.03 bits per heavy atom. The van der Waals surface area contributed by atoms with E-state index in [-0.39, 0.29) is 18.2 Å². The molecule has 1 fully saturated rings. The van der Waals surface area contributed by atoms with Crippen LogP contribution >= 0.6 is 11.6 Å². The van der Waals surface area contributed by atoms with Gasteiger partial charge in [-0.3, -0.25) is 4.90 Å². The standard InChI is InChI=1S/C27H29ClN2O3/c1-2-32-27(31)25-13-7-12-23(29-25)19-30-16-14-24(15-17-30)33-26(20-8-4-3-5-9-20)21-10-6-11-22(28)18-21/h3-13,18,24,26H,2,14-17,19H2,1H3. The molecule has 0 bridgehead atoms. The molecule has 0 radical (unpaired) electrons. The van der Waals surface area contributed by atoms with Gasteiger partial charge in [-0.1, -0.05) is 60.1 Å². The molecule has 1 atom stereocenters. The van der Waals surface area contributed by atoms with Gasteiger partial charge in [0.2, 0.25) is 0 Å². The van der Waals surface area contributed by atoms with Gasteiger partial charge in [0.05, 0.1) is 18.4 Å². The van der Waals surface area contributed by atoms with Crippen LogP contribution in [0.4, 0.5) is 0 Å². The molecule has 0 N–H and O–H groups in total. The fourth-order valence-electron chi connectivity index (χ4n) is 4.16. The zero-order chi connectivity index (χ0) is 23.0. The summed E-state index contributed by atoms with van der Waals surface area (Å²) in [6.45, 7) is 4.66. The van der Waals surface area contributed by atoms with Crippen molar-refractivity contribution in [2.24, 2.45) is 0 Å². The van der Waals surface area contributed by atoms with Gasteiger partial charge in [0, 0.05) is 24.7 Å². The highest BCUT2D eigenvalue weighted by Crippen LogP contribution is 2.31. The first-order valence-electron chi connectivity index (χ1n) is 11.4. The molecule has 3 aromatic rings. The monoisotopic (exact) mass is 464 g/mol. The Labute approximate surface area is 200 Å². The van der Waals surface area contributed by atoms with Crippen LogP contribution in [0.1, 0.15) is 53.2 Å². The molecule has 0 amide bonds. The molecule has 1 aliphatic rings. The number of esters is 1. The molecule has 33 heavy (non-hydrogen) atoms. The number of hydrogen-bond donors (Lipinski definition) is 0. The van der Waals surface area contributed by atoms with E-state index in [2.05, 4.69) is 28.1 Å². The zero-order valence-electron chi connectivity index (χ0n) is 18.8. The number of carbonyl (C=O) groups excluding carboxylic acids is 1. The van der Waals surface area contributed by atoms with Crippen LogP contribution in [0.5, 0.6) is 0 Å². The normalized spacial score (nSPS) is 15.8. The molecule has 0 aliphatic carbocycles. The number of piperidine rings is 1. The molecule has 2 aromatic carbocycles. The summed E-state index contributed by atoms with van der Waals surface area (Å²) >= 11 is 6.27. The minimum Gasteiger partial charge on any atom is -0.461 e. The lowest BCUT2D eigenvalue weighted by atomic mass is 10.00. The molecule has 0 spiro atoms. The van der Waals surface area contributed by atoms with E-state index in [0.717, 1.165) is 42.8 Å². The predicted octanol–water partition coefficient (Wildman–Crippen LogP) is 5.68. The molecule has 1 unspecified atom stereocenters. The maximum atomic E-state index is 12.0. The summed E-state index contributed by atoms with van der Waals surface area (Å²) < 4.78 is 11.7. The van der Waals surface area contributed by atoms with E-state index in [4.69, 9.17) is 21.1 Å². The largest absolute Gasteiger partial charge is 0.461 e. The van der Waals surface area contributed by atoms with Gasteiger partial charge >= 0.3 is 5.97 Å². The van der Waals surface area contributed by atoms with E-state index in [0.29, 0.717) is 23.9 Å². The molecule has 1 aliphatic heterocycles. The molecule has 2 heterocycles. The third kappa shape index (κ3) is 6.41. The number of halogens is 1. The van der Waals surface area contributed by atoms with Crippen LogP contribution < -0.4 is 0 Å². The number of hydrogen-bond acceptors (Lipinski definition) is 5. The molecular weight excluding hydrogens is 436 g/mol. The lowest BCUT2D eigenvalue weighted by molar-refractivity contribution is -0.0283. The number of nitrogens with zero attached hydrogens (tertiary/aromatic N) is 2. The maximum Gasteiger partial charge on any atom is 0.356 e. The van der Waals surface area contributed by atoms with Crippen molar-refractivity contribution < 1.29 is 14.3 Å². The van der Waals surface area contributed by atoms with Gasteiger partial charge in [0.25, 0.3) is 0 Å². The fourth-order valence-corrected chi connectivity index (χ4v) is 4.36. The zero-order valence-corrected chi connectivity index (χ0v) is 19.6. The van der Waals surface area contributed by atoms with Crippen molar-refractivity contribution in [3.63, 3.8) is 0 Å². The quantitative estimate of drug-likeness (QED) is 0.401. The van der Waals surface area contributed by atoms with Crippen LogP contribution in [-0.2, 0) is 16.0 Å². The van der Waals surface area contributed by atoms with Crippen LogP contribution in [0, 0.1) is 0 Å². The van der Waals surface area contributed by atoms with Crippen molar-refractivity contribution in [2.45, 2.75) is 38.5 Å². The number of ether oxygens (including phenoxy) is 2. The Bertz CT molecular complexity index is 1050. The highest BCUT2D eigenvalue weighted by molar-refractivity contribution is 6.30. The predicted molar refractivity (Wildman–Crippen MR) is 129 cm³/mol. The van der Waals surface area contributed by atoms with Gasteiger partial charge in [0.15, 0.2) is 0 Å². The molecular formula is C27H29ClN2O3. The van der Waals surface area contributed by atoms with Crippen molar-refractivity contribution in [2.75, 3.05) is 19.7 Å². The lowest BCUT2D eigenvalue weighted by Gasteiger charge is -2.34. The van der Waals surface area contributed by atoms with E-state index in [1.165, 1.54) is 0 Å². The summed E-state index contributed by atoms with van der Waals surface area (Å²) in [6.07, 6.45) is 1.87. The molecule has 0 saturated carbocycles. The molecule has 172 valence electrons. The molecule has 5 nitrogen and oxygen atoms in total.